The van der Waals surface area contributed by atoms with Gasteiger partial charge in [0, 0.05) is 41.5 Å². The highest BCUT2D eigenvalue weighted by atomic mass is 32.2. The Morgan fingerprint density at radius 1 is 1.35 bits per heavy atom. The van der Waals surface area contributed by atoms with Crippen molar-refractivity contribution in [2.45, 2.75) is 0 Å². The average Bonchev–Trinajstić information content (AvgIpc) is 2.29. The lowest BCUT2D eigenvalue weighted by molar-refractivity contribution is 0.172. The Morgan fingerprint density at radius 3 is 2.65 bits per heavy atom. The number of nitrogens with two attached hydrogens (primary N) is 1. The molecule has 0 amide bonds. The smallest absolute Gasteiger partial charge is 0.163 e. The first-order chi connectivity index (χ1) is 8.16. The molecular weight excluding hydrogens is 240 g/mol. The number of ether oxygens (including phenoxy) is 2. The molecule has 1 aromatic rings. The summed E-state index contributed by atoms with van der Waals surface area (Å²) in [6.07, 6.45) is 1.68. The van der Waals surface area contributed by atoms with Gasteiger partial charge in [-0.1, -0.05) is 0 Å². The molecule has 94 valence electrons. The SMILES string of the molecule is CS(=O)CCNc1cc2c(cc1N)OCCO2. The van der Waals surface area contributed by atoms with Gasteiger partial charge < -0.3 is 20.5 Å². The van der Waals surface area contributed by atoms with Crippen LogP contribution < -0.4 is 20.5 Å². The molecule has 1 atom stereocenters. The van der Waals surface area contributed by atoms with Crippen LogP contribution >= 0.6 is 0 Å². The van der Waals surface area contributed by atoms with Crippen LogP contribution in [0, 0.1) is 0 Å². The summed E-state index contributed by atoms with van der Waals surface area (Å²) in [5.41, 5.74) is 7.29. The molecular formula is C11H16N2O3S. The van der Waals surface area contributed by atoms with E-state index in [0.717, 1.165) is 5.69 Å². The van der Waals surface area contributed by atoms with Crippen molar-refractivity contribution in [1.29, 1.82) is 0 Å². The lowest BCUT2D eigenvalue weighted by atomic mass is 10.2. The van der Waals surface area contributed by atoms with Gasteiger partial charge in [0.15, 0.2) is 11.5 Å². The zero-order chi connectivity index (χ0) is 12.3. The quantitative estimate of drug-likeness (QED) is 0.781. The Balaban J connectivity index is 2.09. The highest BCUT2D eigenvalue weighted by molar-refractivity contribution is 7.84. The van der Waals surface area contributed by atoms with Crippen molar-refractivity contribution in [1.82, 2.24) is 0 Å². The highest BCUT2D eigenvalue weighted by Gasteiger charge is 2.14. The summed E-state index contributed by atoms with van der Waals surface area (Å²) in [5.74, 6) is 1.97. The molecule has 0 spiro atoms. The molecule has 1 unspecified atom stereocenters. The molecule has 1 heterocycles. The summed E-state index contributed by atoms with van der Waals surface area (Å²) >= 11 is 0. The van der Waals surface area contributed by atoms with Gasteiger partial charge in [0.2, 0.25) is 0 Å². The second-order valence-electron chi connectivity index (χ2n) is 3.79. The molecule has 2 rings (SSSR count). The van der Waals surface area contributed by atoms with Crippen LogP contribution in [0.3, 0.4) is 0 Å². The minimum atomic E-state index is -0.807. The highest BCUT2D eigenvalue weighted by Crippen LogP contribution is 2.36. The molecule has 0 aromatic heterocycles. The Morgan fingerprint density at radius 2 is 2.00 bits per heavy atom. The first kappa shape index (κ1) is 12.0. The Kier molecular flexibility index (Phi) is 3.73. The fourth-order valence-electron chi connectivity index (χ4n) is 1.59. The van der Waals surface area contributed by atoms with Crippen molar-refractivity contribution in [2.24, 2.45) is 0 Å². The van der Waals surface area contributed by atoms with E-state index in [1.54, 1.807) is 12.3 Å². The topological polar surface area (TPSA) is 73.6 Å². The number of anilines is 2. The summed E-state index contributed by atoms with van der Waals surface area (Å²) in [7, 11) is -0.807. The maximum Gasteiger partial charge on any atom is 0.163 e. The van der Waals surface area contributed by atoms with Crippen molar-refractivity contribution < 1.29 is 13.7 Å². The standard InChI is InChI=1S/C11H16N2O3S/c1-17(14)5-2-13-9-7-11-10(6-8(9)12)15-3-4-16-11/h6-7,13H,2-5,12H2,1H3. The van der Waals surface area contributed by atoms with E-state index in [-0.39, 0.29) is 0 Å². The average molecular weight is 256 g/mol. The van der Waals surface area contributed by atoms with E-state index in [4.69, 9.17) is 15.2 Å². The van der Waals surface area contributed by atoms with Gasteiger partial charge >= 0.3 is 0 Å². The molecule has 1 aliphatic heterocycles. The third-order valence-electron chi connectivity index (χ3n) is 2.42. The molecule has 3 N–H and O–H groups in total. The second kappa shape index (κ2) is 5.27. The van der Waals surface area contributed by atoms with Crippen molar-refractivity contribution in [3.05, 3.63) is 12.1 Å². The van der Waals surface area contributed by atoms with Gasteiger partial charge in [-0.2, -0.15) is 0 Å². The van der Waals surface area contributed by atoms with Gasteiger partial charge in [0.25, 0.3) is 0 Å². The van der Waals surface area contributed by atoms with Crippen LogP contribution in [0.15, 0.2) is 12.1 Å². The molecule has 0 bridgehead atoms. The van der Waals surface area contributed by atoms with Gasteiger partial charge in [-0.05, 0) is 0 Å². The molecule has 0 saturated heterocycles. The van der Waals surface area contributed by atoms with Gasteiger partial charge in [0.1, 0.15) is 13.2 Å². The summed E-state index contributed by atoms with van der Waals surface area (Å²) < 4.78 is 21.8. The van der Waals surface area contributed by atoms with Crippen LogP contribution in [-0.4, -0.2) is 36.0 Å². The van der Waals surface area contributed by atoms with E-state index in [9.17, 15) is 4.21 Å². The molecule has 1 aliphatic rings. The number of nitrogens with one attached hydrogen (secondary N) is 1. The first-order valence-electron chi connectivity index (χ1n) is 5.40. The van der Waals surface area contributed by atoms with Crippen LogP contribution in [0.1, 0.15) is 0 Å². The van der Waals surface area contributed by atoms with Gasteiger partial charge in [-0.15, -0.1) is 0 Å². The minimum Gasteiger partial charge on any atom is -0.486 e. The second-order valence-corrected chi connectivity index (χ2v) is 5.34. The third-order valence-corrected chi connectivity index (χ3v) is 3.20. The lowest BCUT2D eigenvalue weighted by Gasteiger charge is -2.20. The maximum atomic E-state index is 10.9. The number of hydrogen-bond acceptors (Lipinski definition) is 5. The van der Waals surface area contributed by atoms with Gasteiger partial charge in [0.05, 0.1) is 11.4 Å². The third kappa shape index (κ3) is 3.03. The van der Waals surface area contributed by atoms with Crippen LogP contribution in [-0.2, 0) is 10.8 Å². The minimum absolute atomic E-state index is 0.550. The predicted octanol–water partition coefficient (Wildman–Crippen LogP) is 0.830. The van der Waals surface area contributed by atoms with E-state index >= 15 is 0 Å². The van der Waals surface area contributed by atoms with Crippen LogP contribution in [0.5, 0.6) is 11.5 Å². The fourth-order valence-corrected chi connectivity index (χ4v) is 1.98. The largest absolute Gasteiger partial charge is 0.486 e. The number of fused-ring (bicyclic) bond motifs is 1. The van der Waals surface area contributed by atoms with E-state index < -0.39 is 10.8 Å². The lowest BCUT2D eigenvalue weighted by Crippen LogP contribution is -2.16. The Hall–Kier alpha value is -1.43. The van der Waals surface area contributed by atoms with Crippen LogP contribution in [0.4, 0.5) is 11.4 Å². The number of hydrogen-bond donors (Lipinski definition) is 2. The zero-order valence-corrected chi connectivity index (χ0v) is 10.5. The molecule has 0 aliphatic carbocycles. The van der Waals surface area contributed by atoms with E-state index in [2.05, 4.69) is 5.32 Å². The van der Waals surface area contributed by atoms with Crippen molar-refractivity contribution >= 4 is 22.2 Å². The van der Waals surface area contributed by atoms with E-state index in [1.165, 1.54) is 0 Å². The maximum absolute atomic E-state index is 10.9. The van der Waals surface area contributed by atoms with E-state index in [1.807, 2.05) is 6.07 Å². The number of nitrogen functional groups attached to an aromatic ring is 1. The first-order valence-corrected chi connectivity index (χ1v) is 7.12. The summed E-state index contributed by atoms with van der Waals surface area (Å²) in [6, 6.07) is 3.57. The Bertz CT molecular complexity index is 437. The molecule has 17 heavy (non-hydrogen) atoms. The van der Waals surface area contributed by atoms with Crippen LogP contribution in [0.2, 0.25) is 0 Å². The number of rotatable bonds is 4. The monoisotopic (exact) mass is 256 g/mol. The van der Waals surface area contributed by atoms with Crippen LogP contribution in [0.25, 0.3) is 0 Å². The van der Waals surface area contributed by atoms with Crippen molar-refractivity contribution in [3.63, 3.8) is 0 Å². The molecule has 0 saturated carbocycles. The fraction of sp³-hybridized carbons (Fsp3) is 0.455. The molecule has 0 radical (unpaired) electrons. The zero-order valence-electron chi connectivity index (χ0n) is 9.69. The summed E-state index contributed by atoms with van der Waals surface area (Å²) in [4.78, 5) is 0. The predicted molar refractivity (Wildman–Crippen MR) is 69.3 cm³/mol. The normalized spacial score (nSPS) is 15.4. The van der Waals surface area contributed by atoms with Gasteiger partial charge in [-0.25, -0.2) is 0 Å². The summed E-state index contributed by atoms with van der Waals surface area (Å²) in [5, 5.41) is 3.14. The van der Waals surface area contributed by atoms with Crippen molar-refractivity contribution in [3.8, 4) is 11.5 Å². The molecule has 6 heteroatoms. The molecule has 0 fully saturated rings. The molecule has 5 nitrogen and oxygen atoms in total. The molecule has 1 aromatic carbocycles. The summed E-state index contributed by atoms with van der Waals surface area (Å²) in [6.45, 7) is 1.72. The van der Waals surface area contributed by atoms with E-state index in [0.29, 0.717) is 42.7 Å². The van der Waals surface area contributed by atoms with Gasteiger partial charge in [-0.3, -0.25) is 4.21 Å². The van der Waals surface area contributed by atoms with Crippen molar-refractivity contribution in [2.75, 3.05) is 42.8 Å². The number of benzene rings is 1. The Labute approximate surface area is 103 Å².